The Balaban J connectivity index is 2.16. The zero-order chi connectivity index (χ0) is 13.8. The van der Waals surface area contributed by atoms with Crippen LogP contribution in [0.4, 0.5) is 4.39 Å². The first-order valence-corrected chi connectivity index (χ1v) is 6.60. The molecule has 0 aliphatic carbocycles. The minimum absolute atomic E-state index is 0.256. The lowest BCUT2D eigenvalue weighted by Gasteiger charge is -2.06. The highest BCUT2D eigenvalue weighted by Gasteiger charge is 2.16. The molecule has 2 N–H and O–H groups in total. The van der Waals surface area contributed by atoms with E-state index in [1.807, 2.05) is 12.1 Å². The number of hydrogen-bond donors (Lipinski definition) is 1. The summed E-state index contributed by atoms with van der Waals surface area (Å²) in [6, 6.07) is 9.60. The monoisotopic (exact) mass is 279 g/mol. The number of halogens is 1. The number of ether oxygens (including phenoxy) is 1. The predicted molar refractivity (Wildman–Crippen MR) is 73.4 cm³/mol. The first-order valence-electron chi connectivity index (χ1n) is 5.79. The van der Waals surface area contributed by atoms with Gasteiger partial charge in [0.15, 0.2) is 0 Å². The first kappa shape index (κ1) is 13.7. The van der Waals surface area contributed by atoms with E-state index >= 15 is 0 Å². The molecule has 0 aliphatic heterocycles. The molecular weight excluding hydrogens is 265 g/mol. The lowest BCUT2D eigenvalue weighted by atomic mass is 10.1. The van der Waals surface area contributed by atoms with E-state index in [4.69, 9.17) is 5.73 Å². The molecule has 0 fully saturated rings. The lowest BCUT2D eigenvalue weighted by Crippen LogP contribution is -2.33. The van der Waals surface area contributed by atoms with E-state index in [0.29, 0.717) is 12.0 Å². The summed E-state index contributed by atoms with van der Waals surface area (Å²) < 4.78 is 18.2. The van der Waals surface area contributed by atoms with Crippen LogP contribution < -0.4 is 5.73 Å². The van der Waals surface area contributed by atoms with Crippen molar-refractivity contribution in [3.8, 4) is 10.4 Å². The Morgan fingerprint density at radius 2 is 2.11 bits per heavy atom. The number of benzene rings is 1. The second-order valence-corrected chi connectivity index (χ2v) is 5.25. The number of thiophene rings is 1. The maximum Gasteiger partial charge on any atom is 0.323 e. The molecule has 1 aromatic heterocycles. The van der Waals surface area contributed by atoms with Crippen LogP contribution in [0.25, 0.3) is 10.4 Å². The first-order chi connectivity index (χ1) is 9.11. The average Bonchev–Trinajstić information content (AvgIpc) is 2.86. The van der Waals surface area contributed by atoms with Gasteiger partial charge in [0.05, 0.1) is 7.11 Å². The van der Waals surface area contributed by atoms with E-state index in [0.717, 1.165) is 9.75 Å². The molecule has 0 saturated carbocycles. The predicted octanol–water partition coefficient (Wildman–Crippen LogP) is 2.60. The van der Waals surface area contributed by atoms with Gasteiger partial charge in [0.2, 0.25) is 0 Å². The average molecular weight is 279 g/mol. The van der Waals surface area contributed by atoms with Crippen molar-refractivity contribution in [1.82, 2.24) is 0 Å². The fourth-order valence-corrected chi connectivity index (χ4v) is 2.84. The topological polar surface area (TPSA) is 52.3 Å². The van der Waals surface area contributed by atoms with Gasteiger partial charge in [-0.15, -0.1) is 11.3 Å². The zero-order valence-corrected chi connectivity index (χ0v) is 11.2. The summed E-state index contributed by atoms with van der Waals surface area (Å²) in [7, 11) is 1.31. The van der Waals surface area contributed by atoms with Crippen LogP contribution in [0.3, 0.4) is 0 Å². The Kier molecular flexibility index (Phi) is 4.29. The van der Waals surface area contributed by atoms with Crippen LogP contribution in [-0.2, 0) is 16.0 Å². The molecule has 1 heterocycles. The van der Waals surface area contributed by atoms with Gasteiger partial charge in [-0.25, -0.2) is 4.39 Å². The third-order valence-electron chi connectivity index (χ3n) is 2.73. The third kappa shape index (κ3) is 3.19. The van der Waals surface area contributed by atoms with Crippen LogP contribution >= 0.6 is 11.3 Å². The molecular formula is C14H14FNO2S. The van der Waals surface area contributed by atoms with Gasteiger partial charge in [-0.05, 0) is 18.2 Å². The molecule has 0 bridgehead atoms. The summed E-state index contributed by atoms with van der Waals surface area (Å²) in [5, 5.41) is 0. The van der Waals surface area contributed by atoms with Gasteiger partial charge in [-0.1, -0.05) is 18.2 Å². The highest BCUT2D eigenvalue weighted by molar-refractivity contribution is 7.15. The molecule has 1 aromatic carbocycles. The largest absolute Gasteiger partial charge is 0.468 e. The Bertz CT molecular complexity index is 582. The Morgan fingerprint density at radius 3 is 2.79 bits per heavy atom. The van der Waals surface area contributed by atoms with E-state index in [9.17, 15) is 9.18 Å². The number of carbonyl (C=O) groups excluding carboxylic acids is 1. The Labute approximate surface area is 114 Å². The molecule has 0 aliphatic rings. The zero-order valence-electron chi connectivity index (χ0n) is 10.4. The standard InChI is InChI=1S/C14H14FNO2S/c1-18-14(17)12(16)8-9-6-7-13(19-9)10-4-2-3-5-11(10)15/h2-7,12H,8,16H2,1H3. The van der Waals surface area contributed by atoms with Crippen molar-refractivity contribution in [2.45, 2.75) is 12.5 Å². The van der Waals surface area contributed by atoms with Gasteiger partial charge in [-0.2, -0.15) is 0 Å². The van der Waals surface area contributed by atoms with Gasteiger partial charge in [-0.3, -0.25) is 4.79 Å². The van der Waals surface area contributed by atoms with Crippen molar-refractivity contribution < 1.29 is 13.9 Å². The van der Waals surface area contributed by atoms with E-state index < -0.39 is 12.0 Å². The number of hydrogen-bond acceptors (Lipinski definition) is 4. The van der Waals surface area contributed by atoms with Gasteiger partial charge in [0.1, 0.15) is 11.9 Å². The smallest absolute Gasteiger partial charge is 0.323 e. The summed E-state index contributed by atoms with van der Waals surface area (Å²) in [4.78, 5) is 13.0. The number of carbonyl (C=O) groups is 1. The Morgan fingerprint density at radius 1 is 1.37 bits per heavy atom. The van der Waals surface area contributed by atoms with E-state index in [1.54, 1.807) is 18.2 Å². The molecule has 2 aromatic rings. The molecule has 0 radical (unpaired) electrons. The molecule has 1 unspecified atom stereocenters. The number of methoxy groups -OCH3 is 1. The number of rotatable bonds is 4. The van der Waals surface area contributed by atoms with Crippen LogP contribution in [0.1, 0.15) is 4.88 Å². The highest BCUT2D eigenvalue weighted by Crippen LogP contribution is 2.30. The summed E-state index contributed by atoms with van der Waals surface area (Å²) in [6.07, 6.45) is 0.395. The van der Waals surface area contributed by atoms with Crippen LogP contribution in [0.15, 0.2) is 36.4 Å². The van der Waals surface area contributed by atoms with Crippen molar-refractivity contribution in [2.24, 2.45) is 5.73 Å². The van der Waals surface area contributed by atoms with Gasteiger partial charge >= 0.3 is 5.97 Å². The molecule has 100 valence electrons. The second kappa shape index (κ2) is 5.95. The lowest BCUT2D eigenvalue weighted by molar-refractivity contribution is -0.142. The minimum atomic E-state index is -0.683. The quantitative estimate of drug-likeness (QED) is 0.875. The SMILES string of the molecule is COC(=O)C(N)Cc1ccc(-c2ccccc2F)s1. The summed E-state index contributed by atoms with van der Waals surface area (Å²) in [5.41, 5.74) is 6.26. The fraction of sp³-hybridized carbons (Fsp3) is 0.214. The van der Waals surface area contributed by atoms with E-state index in [-0.39, 0.29) is 5.82 Å². The van der Waals surface area contributed by atoms with Crippen LogP contribution in [-0.4, -0.2) is 19.1 Å². The van der Waals surface area contributed by atoms with Crippen LogP contribution in [0, 0.1) is 5.82 Å². The van der Waals surface area contributed by atoms with Gasteiger partial charge in [0.25, 0.3) is 0 Å². The fourth-order valence-electron chi connectivity index (χ4n) is 1.74. The van der Waals surface area contributed by atoms with Crippen molar-refractivity contribution >= 4 is 17.3 Å². The molecule has 2 rings (SSSR count). The number of esters is 1. The molecule has 5 heteroatoms. The molecule has 0 spiro atoms. The third-order valence-corrected chi connectivity index (χ3v) is 3.87. The molecule has 19 heavy (non-hydrogen) atoms. The normalized spacial score (nSPS) is 12.2. The van der Waals surface area contributed by atoms with Crippen LogP contribution in [0.2, 0.25) is 0 Å². The number of nitrogens with two attached hydrogens (primary N) is 1. The van der Waals surface area contributed by atoms with Crippen LogP contribution in [0.5, 0.6) is 0 Å². The van der Waals surface area contributed by atoms with Gasteiger partial charge < -0.3 is 10.5 Å². The maximum absolute atomic E-state index is 13.6. The van der Waals surface area contributed by atoms with Crippen molar-refractivity contribution in [3.05, 3.63) is 47.1 Å². The second-order valence-electron chi connectivity index (χ2n) is 4.08. The van der Waals surface area contributed by atoms with Crippen molar-refractivity contribution in [1.29, 1.82) is 0 Å². The van der Waals surface area contributed by atoms with Crippen molar-refractivity contribution in [2.75, 3.05) is 7.11 Å². The summed E-state index contributed by atoms with van der Waals surface area (Å²) in [5.74, 6) is -0.700. The van der Waals surface area contributed by atoms with E-state index in [1.165, 1.54) is 24.5 Å². The van der Waals surface area contributed by atoms with E-state index in [2.05, 4.69) is 4.74 Å². The minimum Gasteiger partial charge on any atom is -0.468 e. The highest BCUT2D eigenvalue weighted by atomic mass is 32.1. The maximum atomic E-state index is 13.6. The molecule has 3 nitrogen and oxygen atoms in total. The van der Waals surface area contributed by atoms with Crippen molar-refractivity contribution in [3.63, 3.8) is 0 Å². The molecule has 0 amide bonds. The summed E-state index contributed by atoms with van der Waals surface area (Å²) in [6.45, 7) is 0. The molecule has 0 saturated heterocycles. The summed E-state index contributed by atoms with van der Waals surface area (Å²) >= 11 is 1.43. The van der Waals surface area contributed by atoms with Gasteiger partial charge in [0, 0.05) is 21.7 Å². The Hall–Kier alpha value is -1.72. The molecule has 1 atom stereocenters.